The predicted molar refractivity (Wildman–Crippen MR) is 99.9 cm³/mol. The van der Waals surface area contributed by atoms with Gasteiger partial charge >= 0.3 is 0 Å². The zero-order valence-electron chi connectivity index (χ0n) is 15.1. The molecule has 3 unspecified atom stereocenters. The van der Waals surface area contributed by atoms with E-state index in [1.165, 1.54) is 14.2 Å². The number of halogens is 1. The summed E-state index contributed by atoms with van der Waals surface area (Å²) in [4.78, 5) is 26.5. The highest BCUT2D eigenvalue weighted by Gasteiger charge is 2.42. The third-order valence-corrected chi connectivity index (χ3v) is 5.31. The predicted octanol–water partition coefficient (Wildman–Crippen LogP) is 1.05. The summed E-state index contributed by atoms with van der Waals surface area (Å²) in [5.41, 5.74) is 6.52. The normalized spacial score (nSPS) is 23.8. The van der Waals surface area contributed by atoms with Crippen molar-refractivity contribution < 1.29 is 19.1 Å². The maximum absolute atomic E-state index is 12.4. The number of hydrogen-bond acceptors (Lipinski definition) is 5. The van der Waals surface area contributed by atoms with Gasteiger partial charge in [-0.15, -0.1) is 12.4 Å². The van der Waals surface area contributed by atoms with Gasteiger partial charge in [-0.2, -0.15) is 0 Å². The minimum absolute atomic E-state index is 0. The quantitative estimate of drug-likeness (QED) is 0.792. The highest BCUT2D eigenvalue weighted by atomic mass is 35.5. The standard InChI is InChI=1S/C18H25N3O4.ClH/c1-24-15-6-4-11(7-16(15)25-2)18(23)20-8-17(22)21-9-12-3-5-14(19)13(12)10-21;/h4,6-7,12-14H,3,5,8-10,19H2,1-2H3,(H,20,23);1H. The van der Waals surface area contributed by atoms with Gasteiger partial charge < -0.3 is 25.4 Å². The van der Waals surface area contributed by atoms with Gasteiger partial charge in [0.25, 0.3) is 5.91 Å². The van der Waals surface area contributed by atoms with Crippen molar-refractivity contribution in [2.45, 2.75) is 18.9 Å². The van der Waals surface area contributed by atoms with E-state index >= 15 is 0 Å². The summed E-state index contributed by atoms with van der Waals surface area (Å²) < 4.78 is 10.3. The summed E-state index contributed by atoms with van der Waals surface area (Å²) >= 11 is 0. The lowest BCUT2D eigenvalue weighted by molar-refractivity contribution is -0.129. The molecule has 1 aromatic carbocycles. The fraction of sp³-hybridized carbons (Fsp3) is 0.556. The number of carbonyl (C=O) groups excluding carboxylic acids is 2. The van der Waals surface area contributed by atoms with Gasteiger partial charge in [0.2, 0.25) is 5.91 Å². The van der Waals surface area contributed by atoms with Gasteiger partial charge in [0.15, 0.2) is 11.5 Å². The molecule has 1 saturated heterocycles. The highest BCUT2D eigenvalue weighted by Crippen LogP contribution is 2.37. The fourth-order valence-corrected chi connectivity index (χ4v) is 3.86. The van der Waals surface area contributed by atoms with Crippen molar-refractivity contribution in [3.8, 4) is 11.5 Å². The van der Waals surface area contributed by atoms with E-state index in [1.807, 2.05) is 4.90 Å². The molecule has 1 heterocycles. The Hall–Kier alpha value is -1.99. The topological polar surface area (TPSA) is 93.9 Å². The van der Waals surface area contributed by atoms with Crippen molar-refractivity contribution in [1.82, 2.24) is 10.2 Å². The molecule has 8 heteroatoms. The molecule has 26 heavy (non-hydrogen) atoms. The minimum atomic E-state index is -0.314. The number of nitrogens with two attached hydrogens (primary N) is 1. The van der Waals surface area contributed by atoms with E-state index in [-0.39, 0.29) is 36.8 Å². The van der Waals surface area contributed by atoms with Crippen molar-refractivity contribution in [1.29, 1.82) is 0 Å². The van der Waals surface area contributed by atoms with Gasteiger partial charge in [-0.25, -0.2) is 0 Å². The molecule has 3 N–H and O–H groups in total. The Balaban J connectivity index is 0.00000243. The molecule has 2 aliphatic rings. The average Bonchev–Trinajstić information content (AvgIpc) is 3.21. The Kier molecular flexibility index (Phi) is 6.72. The van der Waals surface area contributed by atoms with Crippen LogP contribution in [0.2, 0.25) is 0 Å². The second-order valence-corrected chi connectivity index (χ2v) is 6.72. The zero-order valence-corrected chi connectivity index (χ0v) is 15.9. The van der Waals surface area contributed by atoms with Gasteiger partial charge in [0.05, 0.1) is 20.8 Å². The minimum Gasteiger partial charge on any atom is -0.493 e. The Morgan fingerprint density at radius 3 is 2.58 bits per heavy atom. The van der Waals surface area contributed by atoms with Crippen molar-refractivity contribution >= 4 is 24.2 Å². The molecule has 0 spiro atoms. The number of fused-ring (bicyclic) bond motifs is 1. The first-order chi connectivity index (χ1) is 12.0. The number of rotatable bonds is 5. The first kappa shape index (κ1) is 20.3. The van der Waals surface area contributed by atoms with E-state index in [9.17, 15) is 9.59 Å². The number of benzene rings is 1. The average molecular weight is 384 g/mol. The lowest BCUT2D eigenvalue weighted by atomic mass is 9.98. The molecule has 1 aliphatic carbocycles. The fourth-order valence-electron chi connectivity index (χ4n) is 3.86. The van der Waals surface area contributed by atoms with Crippen molar-refractivity contribution in [3.05, 3.63) is 23.8 Å². The van der Waals surface area contributed by atoms with Crippen LogP contribution in [0.5, 0.6) is 11.5 Å². The van der Waals surface area contributed by atoms with Gasteiger partial charge in [0.1, 0.15) is 0 Å². The number of nitrogens with one attached hydrogen (secondary N) is 1. The number of carbonyl (C=O) groups is 2. The summed E-state index contributed by atoms with van der Waals surface area (Å²) in [6.07, 6.45) is 2.14. The van der Waals surface area contributed by atoms with Crippen LogP contribution in [0.3, 0.4) is 0 Å². The van der Waals surface area contributed by atoms with E-state index in [0.717, 1.165) is 19.4 Å². The maximum atomic E-state index is 12.4. The summed E-state index contributed by atoms with van der Waals surface area (Å²) in [6, 6.07) is 5.10. The monoisotopic (exact) mass is 383 g/mol. The summed E-state index contributed by atoms with van der Waals surface area (Å²) in [6.45, 7) is 1.45. The van der Waals surface area contributed by atoms with Crippen LogP contribution in [0.25, 0.3) is 0 Å². The van der Waals surface area contributed by atoms with E-state index in [1.54, 1.807) is 18.2 Å². The van der Waals surface area contributed by atoms with E-state index in [2.05, 4.69) is 5.32 Å². The number of ether oxygens (including phenoxy) is 2. The third kappa shape index (κ3) is 4.04. The van der Waals surface area contributed by atoms with Crippen LogP contribution < -0.4 is 20.5 Å². The molecule has 1 saturated carbocycles. The number of likely N-dealkylation sites (tertiary alicyclic amines) is 1. The van der Waals surface area contributed by atoms with Crippen LogP contribution in [-0.4, -0.2) is 56.6 Å². The molecule has 2 fully saturated rings. The smallest absolute Gasteiger partial charge is 0.251 e. The van der Waals surface area contributed by atoms with Crippen molar-refractivity contribution in [2.24, 2.45) is 17.6 Å². The van der Waals surface area contributed by atoms with Crippen LogP contribution in [0, 0.1) is 11.8 Å². The molecular weight excluding hydrogens is 358 g/mol. The highest BCUT2D eigenvalue weighted by molar-refractivity contribution is 5.97. The Labute approximate surface area is 159 Å². The zero-order chi connectivity index (χ0) is 18.0. The van der Waals surface area contributed by atoms with Crippen LogP contribution >= 0.6 is 12.4 Å². The van der Waals surface area contributed by atoms with Crippen molar-refractivity contribution in [2.75, 3.05) is 33.9 Å². The van der Waals surface area contributed by atoms with E-state index < -0.39 is 0 Å². The number of amides is 2. The second kappa shape index (κ2) is 8.60. The Morgan fingerprint density at radius 2 is 1.92 bits per heavy atom. The first-order valence-electron chi connectivity index (χ1n) is 8.57. The van der Waals surface area contributed by atoms with Gasteiger partial charge in [-0.05, 0) is 42.9 Å². The summed E-state index contributed by atoms with van der Waals surface area (Å²) in [5, 5.41) is 2.68. The summed E-state index contributed by atoms with van der Waals surface area (Å²) in [5.74, 6) is 1.57. The molecule has 1 aliphatic heterocycles. The lowest BCUT2D eigenvalue weighted by Crippen LogP contribution is -2.40. The summed E-state index contributed by atoms with van der Waals surface area (Å²) in [7, 11) is 3.05. The Morgan fingerprint density at radius 1 is 1.19 bits per heavy atom. The second-order valence-electron chi connectivity index (χ2n) is 6.72. The SMILES string of the molecule is COc1ccc(C(=O)NCC(=O)N2CC3CCC(N)C3C2)cc1OC.Cl. The van der Waals surface area contributed by atoms with Gasteiger partial charge in [0, 0.05) is 24.7 Å². The van der Waals surface area contributed by atoms with Gasteiger partial charge in [-0.3, -0.25) is 9.59 Å². The van der Waals surface area contributed by atoms with Crippen LogP contribution in [-0.2, 0) is 4.79 Å². The number of methoxy groups -OCH3 is 2. The van der Waals surface area contributed by atoms with Crippen LogP contribution in [0.15, 0.2) is 18.2 Å². The molecule has 0 aromatic heterocycles. The Bertz CT molecular complexity index is 670. The molecule has 1 aromatic rings. The third-order valence-electron chi connectivity index (χ3n) is 5.31. The molecule has 7 nitrogen and oxygen atoms in total. The largest absolute Gasteiger partial charge is 0.493 e. The number of nitrogens with zero attached hydrogens (tertiary/aromatic N) is 1. The van der Waals surface area contributed by atoms with Crippen LogP contribution in [0.4, 0.5) is 0 Å². The molecule has 3 atom stereocenters. The first-order valence-corrected chi connectivity index (χ1v) is 8.57. The van der Waals surface area contributed by atoms with Crippen LogP contribution in [0.1, 0.15) is 23.2 Å². The molecule has 144 valence electrons. The lowest BCUT2D eigenvalue weighted by Gasteiger charge is -2.19. The molecule has 0 bridgehead atoms. The molecule has 2 amide bonds. The number of hydrogen-bond donors (Lipinski definition) is 2. The van der Waals surface area contributed by atoms with E-state index in [0.29, 0.717) is 35.4 Å². The van der Waals surface area contributed by atoms with Gasteiger partial charge in [-0.1, -0.05) is 0 Å². The molecule has 0 radical (unpaired) electrons. The molecular formula is C18H26ClN3O4. The maximum Gasteiger partial charge on any atom is 0.251 e. The molecule has 3 rings (SSSR count). The van der Waals surface area contributed by atoms with Crippen molar-refractivity contribution in [3.63, 3.8) is 0 Å². The van der Waals surface area contributed by atoms with E-state index in [4.69, 9.17) is 15.2 Å².